The van der Waals surface area contributed by atoms with Crippen LogP contribution in [-0.4, -0.2) is 22.6 Å². The summed E-state index contributed by atoms with van der Waals surface area (Å²) in [5.74, 6) is 0.858. The third kappa shape index (κ3) is 5.51. The zero-order chi connectivity index (χ0) is 11.2. The first-order valence-corrected chi connectivity index (χ1v) is 6.29. The van der Waals surface area contributed by atoms with E-state index < -0.39 is 0 Å². The van der Waals surface area contributed by atoms with Crippen molar-refractivity contribution in [2.24, 2.45) is 0 Å². The number of thioether (sulfide) groups is 1. The van der Waals surface area contributed by atoms with Crippen LogP contribution in [-0.2, 0) is 0 Å². The average Bonchev–Trinajstić information content (AvgIpc) is 2.13. The molecule has 3 heteroatoms. The van der Waals surface area contributed by atoms with Crippen LogP contribution in [0.3, 0.4) is 0 Å². The van der Waals surface area contributed by atoms with Gasteiger partial charge in [0.15, 0.2) is 0 Å². The van der Waals surface area contributed by atoms with Crippen molar-refractivity contribution in [1.29, 1.82) is 5.26 Å². The molecular weight excluding hydrogens is 192 g/mol. The van der Waals surface area contributed by atoms with E-state index in [9.17, 15) is 0 Å². The molecule has 0 aromatic carbocycles. The van der Waals surface area contributed by atoms with E-state index in [1.807, 2.05) is 18.7 Å². The second-order valence-corrected chi connectivity index (χ2v) is 5.70. The zero-order valence-corrected chi connectivity index (χ0v) is 10.7. The first-order chi connectivity index (χ1) is 6.43. The van der Waals surface area contributed by atoms with Crippen LogP contribution in [0.5, 0.6) is 0 Å². The van der Waals surface area contributed by atoms with Crippen LogP contribution < -0.4 is 5.32 Å². The Kier molecular flexibility index (Phi) is 6.22. The predicted molar refractivity (Wildman–Crippen MR) is 64.5 cm³/mol. The number of nitrogens with one attached hydrogen (secondary N) is 1. The minimum Gasteiger partial charge on any atom is -0.297 e. The van der Waals surface area contributed by atoms with Crippen LogP contribution >= 0.6 is 11.8 Å². The van der Waals surface area contributed by atoms with Gasteiger partial charge in [0.1, 0.15) is 5.54 Å². The van der Waals surface area contributed by atoms with Gasteiger partial charge in [-0.05, 0) is 27.2 Å². The Morgan fingerprint density at radius 3 is 2.36 bits per heavy atom. The molecular formula is C11H22N2S. The molecule has 0 aliphatic heterocycles. The van der Waals surface area contributed by atoms with Gasteiger partial charge in [-0.3, -0.25) is 5.32 Å². The molecule has 0 heterocycles. The van der Waals surface area contributed by atoms with Gasteiger partial charge in [0.05, 0.1) is 6.07 Å². The van der Waals surface area contributed by atoms with Gasteiger partial charge in [0.2, 0.25) is 0 Å². The maximum absolute atomic E-state index is 9.09. The summed E-state index contributed by atoms with van der Waals surface area (Å²) in [6.45, 7) is 10.5. The number of hydrogen-bond acceptors (Lipinski definition) is 3. The largest absolute Gasteiger partial charge is 0.297 e. The quantitative estimate of drug-likeness (QED) is 0.738. The van der Waals surface area contributed by atoms with E-state index in [1.165, 1.54) is 0 Å². The van der Waals surface area contributed by atoms with E-state index in [0.29, 0.717) is 11.3 Å². The zero-order valence-electron chi connectivity index (χ0n) is 9.92. The normalized spacial score (nSPS) is 17.5. The second-order valence-electron chi connectivity index (χ2n) is 4.27. The fourth-order valence-corrected chi connectivity index (χ4v) is 2.17. The molecule has 0 fully saturated rings. The van der Waals surface area contributed by atoms with E-state index in [4.69, 9.17) is 5.26 Å². The van der Waals surface area contributed by atoms with Crippen LogP contribution in [0.4, 0.5) is 0 Å². The third-order valence-corrected chi connectivity index (χ3v) is 3.73. The SMILES string of the molecule is CCC(C)SCC(C)(C#N)NC(C)C. The third-order valence-electron chi connectivity index (χ3n) is 2.09. The van der Waals surface area contributed by atoms with Crippen molar-refractivity contribution in [2.75, 3.05) is 5.75 Å². The molecule has 0 spiro atoms. The lowest BCUT2D eigenvalue weighted by atomic mass is 10.1. The molecule has 0 aromatic heterocycles. The summed E-state index contributed by atoms with van der Waals surface area (Å²) in [4.78, 5) is 0. The van der Waals surface area contributed by atoms with Crippen LogP contribution in [0.2, 0.25) is 0 Å². The van der Waals surface area contributed by atoms with Crippen LogP contribution in [0.15, 0.2) is 0 Å². The highest BCUT2D eigenvalue weighted by Gasteiger charge is 2.24. The van der Waals surface area contributed by atoms with Crippen molar-refractivity contribution in [3.05, 3.63) is 0 Å². The van der Waals surface area contributed by atoms with Gasteiger partial charge in [0, 0.05) is 17.0 Å². The van der Waals surface area contributed by atoms with Crippen LogP contribution in [0.1, 0.15) is 41.0 Å². The van der Waals surface area contributed by atoms with E-state index >= 15 is 0 Å². The predicted octanol–water partition coefficient (Wildman–Crippen LogP) is 2.80. The maximum Gasteiger partial charge on any atom is 0.113 e. The maximum atomic E-state index is 9.09. The molecule has 1 N–H and O–H groups in total. The Labute approximate surface area is 92.5 Å². The molecule has 0 saturated heterocycles. The second kappa shape index (κ2) is 6.31. The van der Waals surface area contributed by atoms with E-state index in [2.05, 4.69) is 39.1 Å². The van der Waals surface area contributed by atoms with Gasteiger partial charge < -0.3 is 0 Å². The molecule has 14 heavy (non-hydrogen) atoms. The molecule has 2 unspecified atom stereocenters. The Hall–Kier alpha value is -0.200. The molecule has 0 saturated carbocycles. The number of rotatable bonds is 6. The van der Waals surface area contributed by atoms with Gasteiger partial charge in [-0.2, -0.15) is 17.0 Å². The van der Waals surface area contributed by atoms with Gasteiger partial charge in [0.25, 0.3) is 0 Å². The Morgan fingerprint density at radius 1 is 1.43 bits per heavy atom. The van der Waals surface area contributed by atoms with Crippen molar-refractivity contribution >= 4 is 11.8 Å². The molecule has 0 radical (unpaired) electrons. The summed E-state index contributed by atoms with van der Waals surface area (Å²) in [6, 6.07) is 2.72. The monoisotopic (exact) mass is 214 g/mol. The molecule has 0 rings (SSSR count). The number of nitrogens with zero attached hydrogens (tertiary/aromatic N) is 1. The summed E-state index contributed by atoms with van der Waals surface area (Å²) in [7, 11) is 0. The highest BCUT2D eigenvalue weighted by atomic mass is 32.2. The van der Waals surface area contributed by atoms with Crippen LogP contribution in [0, 0.1) is 11.3 Å². The van der Waals surface area contributed by atoms with E-state index in [1.54, 1.807) is 0 Å². The molecule has 0 bridgehead atoms. The summed E-state index contributed by atoms with van der Waals surface area (Å²) in [5, 5.41) is 13.0. The molecule has 82 valence electrons. The summed E-state index contributed by atoms with van der Waals surface area (Å²) >= 11 is 1.86. The fraction of sp³-hybridized carbons (Fsp3) is 0.909. The van der Waals surface area contributed by atoms with Gasteiger partial charge >= 0.3 is 0 Å². The van der Waals surface area contributed by atoms with Gasteiger partial charge in [-0.1, -0.05) is 13.8 Å². The molecule has 0 aromatic rings. The lowest BCUT2D eigenvalue weighted by Gasteiger charge is -2.26. The fourth-order valence-electron chi connectivity index (χ4n) is 1.17. The Balaban J connectivity index is 4.07. The lowest BCUT2D eigenvalue weighted by molar-refractivity contribution is 0.443. The Morgan fingerprint density at radius 2 is 2.00 bits per heavy atom. The molecule has 0 amide bonds. The van der Waals surface area contributed by atoms with Crippen LogP contribution in [0.25, 0.3) is 0 Å². The number of nitriles is 1. The standard InChI is InChI=1S/C11H22N2S/c1-6-10(4)14-8-11(5,7-12)13-9(2)3/h9-10,13H,6,8H2,1-5H3. The summed E-state index contributed by atoms with van der Waals surface area (Å²) in [5.41, 5.74) is -0.387. The highest BCUT2D eigenvalue weighted by molar-refractivity contribution is 7.99. The molecule has 2 atom stereocenters. The van der Waals surface area contributed by atoms with E-state index in [0.717, 1.165) is 12.2 Å². The van der Waals surface area contributed by atoms with Crippen molar-refractivity contribution in [3.8, 4) is 6.07 Å². The smallest absolute Gasteiger partial charge is 0.113 e. The van der Waals surface area contributed by atoms with Gasteiger partial charge in [-0.25, -0.2) is 0 Å². The first kappa shape index (κ1) is 13.8. The summed E-state index contributed by atoms with van der Waals surface area (Å²) < 4.78 is 0. The molecule has 0 aliphatic carbocycles. The minimum absolute atomic E-state index is 0.359. The van der Waals surface area contributed by atoms with Crippen molar-refractivity contribution in [2.45, 2.75) is 57.9 Å². The van der Waals surface area contributed by atoms with Crippen molar-refractivity contribution in [3.63, 3.8) is 0 Å². The lowest BCUT2D eigenvalue weighted by Crippen LogP contribution is -2.47. The van der Waals surface area contributed by atoms with E-state index in [-0.39, 0.29) is 5.54 Å². The van der Waals surface area contributed by atoms with Crippen molar-refractivity contribution in [1.82, 2.24) is 5.32 Å². The molecule has 0 aliphatic rings. The minimum atomic E-state index is -0.387. The summed E-state index contributed by atoms with van der Waals surface area (Å²) in [6.07, 6.45) is 1.16. The van der Waals surface area contributed by atoms with Gasteiger partial charge in [-0.15, -0.1) is 0 Å². The molecule has 2 nitrogen and oxygen atoms in total. The topological polar surface area (TPSA) is 35.8 Å². The highest BCUT2D eigenvalue weighted by Crippen LogP contribution is 2.19. The Bertz CT molecular complexity index is 198. The first-order valence-electron chi connectivity index (χ1n) is 5.24. The average molecular weight is 214 g/mol. The number of hydrogen-bond donors (Lipinski definition) is 1. The van der Waals surface area contributed by atoms with Crippen molar-refractivity contribution < 1.29 is 0 Å².